The number of nitrogens with zero attached hydrogens (tertiary/aromatic N) is 4. The molecule has 0 amide bonds. The molecule has 1 aromatic heterocycles. The molecule has 0 atom stereocenters. The van der Waals surface area contributed by atoms with Gasteiger partial charge in [0.25, 0.3) is 0 Å². The maximum Gasteiger partial charge on any atom is 0.231 e. The predicted molar refractivity (Wildman–Crippen MR) is 75.8 cm³/mol. The number of morpholine rings is 1. The van der Waals surface area contributed by atoms with Gasteiger partial charge in [0.1, 0.15) is 0 Å². The first-order valence-corrected chi connectivity index (χ1v) is 6.63. The van der Waals surface area contributed by atoms with Gasteiger partial charge >= 0.3 is 0 Å². The Labute approximate surface area is 118 Å². The first-order chi connectivity index (χ1) is 8.71. The second kappa shape index (κ2) is 4.76. The zero-order valence-corrected chi connectivity index (χ0v) is 12.7. The van der Waals surface area contributed by atoms with Crippen LogP contribution in [0.4, 0.5) is 11.9 Å². The van der Waals surface area contributed by atoms with Crippen LogP contribution in [0.3, 0.4) is 0 Å². The Kier molecular flexibility index (Phi) is 3.57. The third-order valence-corrected chi connectivity index (χ3v) is 2.97. The van der Waals surface area contributed by atoms with Crippen LogP contribution in [0.25, 0.3) is 0 Å². The highest BCUT2D eigenvalue weighted by molar-refractivity contribution is 6.28. The molecule has 1 saturated heterocycles. The highest BCUT2D eigenvalue weighted by Gasteiger charge is 2.39. The van der Waals surface area contributed by atoms with Gasteiger partial charge in [-0.2, -0.15) is 15.0 Å². The fourth-order valence-corrected chi connectivity index (χ4v) is 2.68. The Morgan fingerprint density at radius 3 is 2.21 bits per heavy atom. The van der Waals surface area contributed by atoms with E-state index in [-0.39, 0.29) is 16.5 Å². The van der Waals surface area contributed by atoms with Gasteiger partial charge in [-0.25, -0.2) is 0 Å². The summed E-state index contributed by atoms with van der Waals surface area (Å²) in [6.45, 7) is 9.65. The van der Waals surface area contributed by atoms with Gasteiger partial charge in [-0.15, -0.1) is 0 Å². The van der Waals surface area contributed by atoms with E-state index in [9.17, 15) is 0 Å². The first kappa shape index (κ1) is 14.3. The molecule has 7 heteroatoms. The molecule has 106 valence electrons. The van der Waals surface area contributed by atoms with E-state index in [1.54, 1.807) is 7.05 Å². The Morgan fingerprint density at radius 2 is 1.68 bits per heavy atom. The van der Waals surface area contributed by atoms with Crippen LogP contribution in [0, 0.1) is 0 Å². The number of ether oxygens (including phenoxy) is 1. The summed E-state index contributed by atoms with van der Waals surface area (Å²) in [5, 5.41) is 3.08. The largest absolute Gasteiger partial charge is 0.366 e. The molecule has 0 bridgehead atoms. The number of hydrogen-bond donors (Lipinski definition) is 1. The molecule has 2 rings (SSSR count). The molecule has 1 aromatic rings. The Hall–Kier alpha value is -1.14. The van der Waals surface area contributed by atoms with Crippen molar-refractivity contribution < 1.29 is 4.74 Å². The van der Waals surface area contributed by atoms with Crippen LogP contribution in [-0.4, -0.2) is 46.3 Å². The molecule has 2 heterocycles. The SMILES string of the molecule is CNc1nc(Cl)nc(N2CC(C)(C)OC(C)(C)C2)n1. The lowest BCUT2D eigenvalue weighted by molar-refractivity contribution is -0.133. The van der Waals surface area contributed by atoms with Crippen LogP contribution in [-0.2, 0) is 4.74 Å². The summed E-state index contributed by atoms with van der Waals surface area (Å²) < 4.78 is 6.04. The van der Waals surface area contributed by atoms with Gasteiger partial charge in [0.2, 0.25) is 17.2 Å². The summed E-state index contributed by atoms with van der Waals surface area (Å²) in [4.78, 5) is 14.6. The lowest BCUT2D eigenvalue weighted by Crippen LogP contribution is -2.57. The zero-order valence-electron chi connectivity index (χ0n) is 12.0. The Bertz CT molecular complexity index is 461. The van der Waals surface area contributed by atoms with E-state index >= 15 is 0 Å². The number of aromatic nitrogens is 3. The van der Waals surface area contributed by atoms with Crippen molar-refractivity contribution in [3.8, 4) is 0 Å². The van der Waals surface area contributed by atoms with E-state index in [1.165, 1.54) is 0 Å². The van der Waals surface area contributed by atoms with Crippen molar-refractivity contribution >= 4 is 23.5 Å². The van der Waals surface area contributed by atoms with Crippen molar-refractivity contribution in [2.45, 2.75) is 38.9 Å². The molecule has 6 nitrogen and oxygen atoms in total. The van der Waals surface area contributed by atoms with Crippen molar-refractivity contribution in [3.63, 3.8) is 0 Å². The second-order valence-electron chi connectivity index (χ2n) is 5.96. The lowest BCUT2D eigenvalue weighted by atomic mass is 9.99. The maximum absolute atomic E-state index is 6.04. The second-order valence-corrected chi connectivity index (χ2v) is 6.29. The topological polar surface area (TPSA) is 63.2 Å². The fraction of sp³-hybridized carbons (Fsp3) is 0.750. The zero-order chi connectivity index (χ0) is 14.3. The average molecular weight is 286 g/mol. The van der Waals surface area contributed by atoms with Crippen molar-refractivity contribution in [3.05, 3.63) is 5.28 Å². The highest BCUT2D eigenvalue weighted by Crippen LogP contribution is 2.30. The summed E-state index contributed by atoms with van der Waals surface area (Å²) in [6.07, 6.45) is 0. The van der Waals surface area contributed by atoms with Crippen LogP contribution in [0.1, 0.15) is 27.7 Å². The predicted octanol–water partition coefficient (Wildman–Crippen LogP) is 1.96. The minimum absolute atomic E-state index is 0.191. The van der Waals surface area contributed by atoms with Gasteiger partial charge in [0.05, 0.1) is 11.2 Å². The molecule has 0 unspecified atom stereocenters. The minimum Gasteiger partial charge on any atom is -0.366 e. The quantitative estimate of drug-likeness (QED) is 0.896. The molecular formula is C12H20ClN5O. The molecule has 1 N–H and O–H groups in total. The minimum atomic E-state index is -0.263. The Balaban J connectivity index is 2.33. The summed E-state index contributed by atoms with van der Waals surface area (Å²) in [7, 11) is 1.75. The number of halogens is 1. The van der Waals surface area contributed by atoms with E-state index in [1.807, 2.05) is 0 Å². The smallest absolute Gasteiger partial charge is 0.231 e. The van der Waals surface area contributed by atoms with Crippen molar-refractivity contribution in [2.75, 3.05) is 30.4 Å². The van der Waals surface area contributed by atoms with Gasteiger partial charge in [0.15, 0.2) is 0 Å². The molecule has 19 heavy (non-hydrogen) atoms. The van der Waals surface area contributed by atoms with Gasteiger partial charge in [0, 0.05) is 20.1 Å². The van der Waals surface area contributed by atoms with Crippen molar-refractivity contribution in [1.82, 2.24) is 15.0 Å². The van der Waals surface area contributed by atoms with E-state index in [0.29, 0.717) is 25.0 Å². The van der Waals surface area contributed by atoms with Crippen molar-refractivity contribution in [2.24, 2.45) is 0 Å². The van der Waals surface area contributed by atoms with E-state index in [0.717, 1.165) is 0 Å². The summed E-state index contributed by atoms with van der Waals surface area (Å²) >= 11 is 5.93. The highest BCUT2D eigenvalue weighted by atomic mass is 35.5. The van der Waals surface area contributed by atoms with Crippen LogP contribution >= 0.6 is 11.6 Å². The number of anilines is 2. The van der Waals surface area contributed by atoms with E-state index in [4.69, 9.17) is 16.3 Å². The molecule has 0 aliphatic carbocycles. The van der Waals surface area contributed by atoms with Gasteiger partial charge < -0.3 is 15.0 Å². The van der Waals surface area contributed by atoms with Crippen LogP contribution in [0.5, 0.6) is 0 Å². The summed E-state index contributed by atoms with van der Waals surface area (Å²) in [6, 6.07) is 0. The number of rotatable bonds is 2. The third-order valence-electron chi connectivity index (χ3n) is 2.80. The third kappa shape index (κ3) is 3.45. The molecule has 1 aliphatic heterocycles. The molecule has 0 aromatic carbocycles. The molecule has 1 aliphatic rings. The van der Waals surface area contributed by atoms with Gasteiger partial charge in [-0.1, -0.05) is 0 Å². The summed E-state index contributed by atoms with van der Waals surface area (Å²) in [5.74, 6) is 1.05. The number of hydrogen-bond acceptors (Lipinski definition) is 6. The molecule has 0 radical (unpaired) electrons. The molecule has 0 saturated carbocycles. The average Bonchev–Trinajstić information content (AvgIpc) is 2.24. The molecule has 1 fully saturated rings. The maximum atomic E-state index is 6.04. The number of nitrogens with one attached hydrogen (secondary N) is 1. The normalized spacial score (nSPS) is 21.3. The van der Waals surface area contributed by atoms with Gasteiger partial charge in [-0.05, 0) is 39.3 Å². The van der Waals surface area contributed by atoms with E-state index < -0.39 is 0 Å². The molecular weight excluding hydrogens is 266 g/mol. The Morgan fingerprint density at radius 1 is 1.11 bits per heavy atom. The molecule has 0 spiro atoms. The first-order valence-electron chi connectivity index (χ1n) is 6.25. The monoisotopic (exact) mass is 285 g/mol. The van der Waals surface area contributed by atoms with E-state index in [2.05, 4.69) is 52.9 Å². The lowest BCUT2D eigenvalue weighted by Gasteiger charge is -2.47. The van der Waals surface area contributed by atoms with Crippen LogP contribution in [0.2, 0.25) is 5.28 Å². The van der Waals surface area contributed by atoms with Gasteiger partial charge in [-0.3, -0.25) is 0 Å². The van der Waals surface area contributed by atoms with Crippen LogP contribution in [0.15, 0.2) is 0 Å². The standard InChI is InChI=1S/C12H20ClN5O/c1-11(2)6-18(7-12(3,4)19-11)10-16-8(13)15-9(14-5)17-10/h6-7H2,1-5H3,(H,14,15,16,17). The van der Waals surface area contributed by atoms with Crippen molar-refractivity contribution in [1.29, 1.82) is 0 Å². The summed E-state index contributed by atoms with van der Waals surface area (Å²) in [5.41, 5.74) is -0.526. The fourth-order valence-electron chi connectivity index (χ4n) is 2.52. The van der Waals surface area contributed by atoms with Crippen LogP contribution < -0.4 is 10.2 Å².